The van der Waals surface area contributed by atoms with E-state index in [-0.39, 0.29) is 22.7 Å². The van der Waals surface area contributed by atoms with Crippen LogP contribution in [0, 0.1) is 5.82 Å². The number of aromatic amines is 1. The van der Waals surface area contributed by atoms with Gasteiger partial charge in [-0.05, 0) is 43.2 Å². The van der Waals surface area contributed by atoms with Gasteiger partial charge in [0.15, 0.2) is 0 Å². The van der Waals surface area contributed by atoms with Crippen LogP contribution in [0.3, 0.4) is 0 Å². The average molecular weight is 363 g/mol. The zero-order valence-corrected chi connectivity index (χ0v) is 14.7. The summed E-state index contributed by atoms with van der Waals surface area (Å²) in [7, 11) is 0. The monoisotopic (exact) mass is 363 g/mol. The van der Waals surface area contributed by atoms with Gasteiger partial charge in [-0.3, -0.25) is 9.59 Å². The van der Waals surface area contributed by atoms with Crippen molar-refractivity contribution in [2.75, 3.05) is 11.4 Å². The van der Waals surface area contributed by atoms with E-state index in [0.717, 1.165) is 25.7 Å². The molecular weight excluding hydrogens is 345 g/mol. The van der Waals surface area contributed by atoms with E-state index in [9.17, 15) is 14.0 Å². The van der Waals surface area contributed by atoms with Gasteiger partial charge in [-0.2, -0.15) is 0 Å². The number of aromatic nitrogens is 2. The Morgan fingerprint density at radius 3 is 2.81 bits per heavy atom. The summed E-state index contributed by atoms with van der Waals surface area (Å²) in [5.41, 5.74) is 1.76. The van der Waals surface area contributed by atoms with Crippen molar-refractivity contribution >= 4 is 22.5 Å². The summed E-state index contributed by atoms with van der Waals surface area (Å²) in [6.45, 7) is 0.503. The fraction of sp³-hybridized carbons (Fsp3) is 0.286. The summed E-state index contributed by atoms with van der Waals surface area (Å²) < 4.78 is 14.7. The molecule has 1 aliphatic carbocycles. The third kappa shape index (κ3) is 2.32. The lowest BCUT2D eigenvalue weighted by molar-refractivity contribution is 0.0985. The zero-order valence-electron chi connectivity index (χ0n) is 14.7. The van der Waals surface area contributed by atoms with Crippen molar-refractivity contribution in [2.24, 2.45) is 0 Å². The second-order valence-corrected chi connectivity index (χ2v) is 7.48. The number of hydrogen-bond acceptors (Lipinski definition) is 3. The second-order valence-electron chi connectivity index (χ2n) is 7.48. The molecule has 5 rings (SSSR count). The highest BCUT2D eigenvalue weighted by atomic mass is 19.1. The number of carbonyl (C=O) groups excluding carboxylic acids is 1. The SMILES string of the molecule is O=C(c1ccc2c(=O)[nH]cnc2c1)N1CC2(CCCC2)c2c(F)cccc21. The molecule has 3 aromatic rings. The number of halogens is 1. The van der Waals surface area contributed by atoms with Gasteiger partial charge in [-0.1, -0.05) is 18.9 Å². The van der Waals surface area contributed by atoms with E-state index in [0.29, 0.717) is 34.3 Å². The molecule has 0 saturated heterocycles. The average Bonchev–Trinajstić information content (AvgIpc) is 3.27. The number of H-pyrrole nitrogens is 1. The Morgan fingerprint density at radius 1 is 1.19 bits per heavy atom. The molecule has 1 spiro atoms. The van der Waals surface area contributed by atoms with Gasteiger partial charge in [0.25, 0.3) is 11.5 Å². The van der Waals surface area contributed by atoms with E-state index in [2.05, 4.69) is 9.97 Å². The minimum absolute atomic E-state index is 0.186. The molecule has 2 aromatic carbocycles. The molecule has 27 heavy (non-hydrogen) atoms. The number of rotatable bonds is 1. The maximum atomic E-state index is 14.7. The molecule has 6 heteroatoms. The highest BCUT2D eigenvalue weighted by Gasteiger charge is 2.48. The molecule has 1 amide bonds. The van der Waals surface area contributed by atoms with Crippen molar-refractivity contribution in [1.82, 2.24) is 9.97 Å². The maximum Gasteiger partial charge on any atom is 0.258 e. The van der Waals surface area contributed by atoms with Crippen molar-refractivity contribution in [3.05, 3.63) is 70.0 Å². The number of fused-ring (bicyclic) bond motifs is 3. The number of anilines is 1. The summed E-state index contributed by atoms with van der Waals surface area (Å²) in [6.07, 6.45) is 5.24. The zero-order chi connectivity index (χ0) is 18.6. The molecule has 136 valence electrons. The lowest BCUT2D eigenvalue weighted by Gasteiger charge is -2.25. The predicted octanol–water partition coefficient (Wildman–Crippen LogP) is 3.53. The molecular formula is C21H18FN3O2. The van der Waals surface area contributed by atoms with E-state index >= 15 is 0 Å². The first-order valence-electron chi connectivity index (χ1n) is 9.17. The van der Waals surface area contributed by atoms with Crippen molar-refractivity contribution < 1.29 is 9.18 Å². The number of nitrogens with one attached hydrogen (secondary N) is 1. The quantitative estimate of drug-likeness (QED) is 0.719. The van der Waals surface area contributed by atoms with Crippen LogP contribution >= 0.6 is 0 Å². The molecule has 0 bridgehead atoms. The van der Waals surface area contributed by atoms with Crippen molar-refractivity contribution in [3.8, 4) is 0 Å². The van der Waals surface area contributed by atoms with E-state index in [1.165, 1.54) is 12.4 Å². The molecule has 5 nitrogen and oxygen atoms in total. The Morgan fingerprint density at radius 2 is 2.00 bits per heavy atom. The van der Waals surface area contributed by atoms with Crippen LogP contribution in [0.25, 0.3) is 10.9 Å². The van der Waals surface area contributed by atoms with Gasteiger partial charge in [0.2, 0.25) is 0 Å². The summed E-state index contributed by atoms with van der Waals surface area (Å²) >= 11 is 0. The van der Waals surface area contributed by atoms with E-state index < -0.39 is 0 Å². The summed E-state index contributed by atoms with van der Waals surface area (Å²) in [5.74, 6) is -0.411. The van der Waals surface area contributed by atoms with Crippen LogP contribution in [0.5, 0.6) is 0 Å². The molecule has 1 saturated carbocycles. The standard InChI is InChI=1S/C21H18FN3O2/c22-15-4-3-5-17-18(15)21(8-1-2-9-21)11-25(17)20(27)13-6-7-14-16(10-13)23-12-24-19(14)26/h3-7,10,12H,1-2,8-9,11H2,(H,23,24,26). The fourth-order valence-electron chi connectivity index (χ4n) is 4.73. The molecule has 1 aliphatic heterocycles. The number of amides is 1. The van der Waals surface area contributed by atoms with Crippen LogP contribution in [-0.2, 0) is 5.41 Å². The highest BCUT2D eigenvalue weighted by molar-refractivity contribution is 6.09. The van der Waals surface area contributed by atoms with Crippen molar-refractivity contribution in [2.45, 2.75) is 31.1 Å². The lowest BCUT2D eigenvalue weighted by Crippen LogP contribution is -2.35. The number of benzene rings is 2. The molecule has 1 aromatic heterocycles. The van der Waals surface area contributed by atoms with E-state index in [4.69, 9.17) is 0 Å². The van der Waals surface area contributed by atoms with Crippen LogP contribution in [0.1, 0.15) is 41.6 Å². The van der Waals surface area contributed by atoms with Gasteiger partial charge in [0, 0.05) is 23.1 Å². The molecule has 0 radical (unpaired) electrons. The first-order valence-corrected chi connectivity index (χ1v) is 9.17. The molecule has 0 unspecified atom stereocenters. The first-order chi connectivity index (χ1) is 13.1. The van der Waals surface area contributed by atoms with Crippen molar-refractivity contribution in [1.29, 1.82) is 0 Å². The molecule has 0 atom stereocenters. The number of nitrogens with zero attached hydrogens (tertiary/aromatic N) is 2. The normalized spacial score (nSPS) is 17.6. The van der Waals surface area contributed by atoms with Crippen LogP contribution in [0.4, 0.5) is 10.1 Å². The van der Waals surface area contributed by atoms with Crippen LogP contribution < -0.4 is 10.5 Å². The van der Waals surface area contributed by atoms with Gasteiger partial charge in [0.05, 0.1) is 22.9 Å². The highest BCUT2D eigenvalue weighted by Crippen LogP contribution is 2.51. The van der Waals surface area contributed by atoms with Crippen LogP contribution in [-0.4, -0.2) is 22.4 Å². The topological polar surface area (TPSA) is 66.1 Å². The largest absolute Gasteiger partial charge is 0.313 e. The maximum absolute atomic E-state index is 14.7. The van der Waals surface area contributed by atoms with Gasteiger partial charge in [-0.25, -0.2) is 9.37 Å². The Hall–Kier alpha value is -3.02. The predicted molar refractivity (Wildman–Crippen MR) is 101 cm³/mol. The first kappa shape index (κ1) is 16.2. The Balaban J connectivity index is 1.60. The molecule has 1 N–H and O–H groups in total. The Bertz CT molecular complexity index is 1130. The number of hydrogen-bond donors (Lipinski definition) is 1. The van der Waals surface area contributed by atoms with Gasteiger partial charge < -0.3 is 9.88 Å². The van der Waals surface area contributed by atoms with Gasteiger partial charge in [0.1, 0.15) is 5.82 Å². The minimum Gasteiger partial charge on any atom is -0.313 e. The summed E-state index contributed by atoms with van der Waals surface area (Å²) in [5, 5.41) is 0.439. The van der Waals surface area contributed by atoms with Gasteiger partial charge in [-0.15, -0.1) is 0 Å². The molecule has 2 heterocycles. The third-order valence-electron chi connectivity index (χ3n) is 5.97. The Kier molecular flexibility index (Phi) is 3.44. The van der Waals surface area contributed by atoms with E-state index in [1.54, 1.807) is 29.2 Å². The summed E-state index contributed by atoms with van der Waals surface area (Å²) in [4.78, 5) is 33.5. The van der Waals surface area contributed by atoms with E-state index in [1.807, 2.05) is 6.07 Å². The minimum atomic E-state index is -0.275. The molecule has 1 fully saturated rings. The van der Waals surface area contributed by atoms with Crippen LogP contribution in [0.15, 0.2) is 47.5 Å². The second kappa shape index (κ2) is 5.74. The fourth-order valence-corrected chi connectivity index (χ4v) is 4.73. The smallest absolute Gasteiger partial charge is 0.258 e. The van der Waals surface area contributed by atoms with Crippen molar-refractivity contribution in [3.63, 3.8) is 0 Å². The van der Waals surface area contributed by atoms with Crippen LogP contribution in [0.2, 0.25) is 0 Å². The Labute approximate surface area is 154 Å². The number of carbonyl (C=O) groups is 1. The molecule has 2 aliphatic rings. The third-order valence-corrected chi connectivity index (χ3v) is 5.97. The van der Waals surface area contributed by atoms with Gasteiger partial charge >= 0.3 is 0 Å². The lowest BCUT2D eigenvalue weighted by atomic mass is 9.80. The summed E-state index contributed by atoms with van der Waals surface area (Å²) in [6, 6.07) is 9.85.